The number of hydrogen-bond donors (Lipinski definition) is 1. The topological polar surface area (TPSA) is 64.9 Å². The molecule has 2 N–H and O–H groups in total. The van der Waals surface area contributed by atoms with Gasteiger partial charge in [0.2, 0.25) is 11.7 Å². The predicted octanol–water partition coefficient (Wildman–Crippen LogP) is 2.98. The predicted molar refractivity (Wildman–Crippen MR) is 69.3 cm³/mol. The molecular formula is C13H14ClN3O. The molecule has 94 valence electrons. The molecule has 5 heteroatoms. The van der Waals surface area contributed by atoms with Crippen LogP contribution < -0.4 is 5.73 Å². The Bertz CT molecular complexity index is 537. The summed E-state index contributed by atoms with van der Waals surface area (Å²) < 4.78 is 5.33. The zero-order valence-electron chi connectivity index (χ0n) is 9.84. The molecule has 0 amide bonds. The number of nitrogens with two attached hydrogens (primary N) is 1. The average molecular weight is 264 g/mol. The minimum absolute atomic E-state index is 0.265. The third kappa shape index (κ3) is 2.26. The lowest BCUT2D eigenvalue weighted by Gasteiger charge is -2.01. The summed E-state index contributed by atoms with van der Waals surface area (Å²) >= 11 is 5.85. The zero-order valence-corrected chi connectivity index (χ0v) is 10.6. The number of aromatic nitrogens is 2. The van der Waals surface area contributed by atoms with Crippen LogP contribution in [0.1, 0.15) is 31.1 Å². The van der Waals surface area contributed by atoms with Crippen molar-refractivity contribution in [2.45, 2.75) is 31.2 Å². The molecule has 0 saturated heterocycles. The first kappa shape index (κ1) is 11.7. The van der Waals surface area contributed by atoms with Crippen LogP contribution in [-0.2, 0) is 0 Å². The van der Waals surface area contributed by atoms with Gasteiger partial charge in [0.1, 0.15) is 0 Å². The van der Waals surface area contributed by atoms with Crippen molar-refractivity contribution in [3.05, 3.63) is 35.2 Å². The molecule has 0 spiro atoms. The van der Waals surface area contributed by atoms with E-state index in [9.17, 15) is 0 Å². The highest BCUT2D eigenvalue weighted by Crippen LogP contribution is 2.33. The molecular weight excluding hydrogens is 250 g/mol. The zero-order chi connectivity index (χ0) is 12.5. The Hall–Kier alpha value is -1.39. The molecule has 1 saturated carbocycles. The van der Waals surface area contributed by atoms with Gasteiger partial charge in [0.05, 0.1) is 0 Å². The van der Waals surface area contributed by atoms with Crippen LogP contribution in [-0.4, -0.2) is 16.2 Å². The Morgan fingerprint density at radius 1 is 1.22 bits per heavy atom. The van der Waals surface area contributed by atoms with Crippen LogP contribution >= 0.6 is 11.6 Å². The van der Waals surface area contributed by atoms with Crippen LogP contribution in [0, 0.1) is 0 Å². The van der Waals surface area contributed by atoms with Crippen molar-refractivity contribution in [2.24, 2.45) is 5.73 Å². The van der Waals surface area contributed by atoms with Gasteiger partial charge >= 0.3 is 0 Å². The summed E-state index contributed by atoms with van der Waals surface area (Å²) in [5.41, 5.74) is 6.81. The van der Waals surface area contributed by atoms with Crippen molar-refractivity contribution in [2.75, 3.05) is 0 Å². The molecule has 4 nitrogen and oxygen atoms in total. The molecule has 1 aliphatic carbocycles. The fourth-order valence-corrected chi connectivity index (χ4v) is 2.48. The summed E-state index contributed by atoms with van der Waals surface area (Å²) in [7, 11) is 0. The highest BCUT2D eigenvalue weighted by atomic mass is 35.5. The minimum atomic E-state index is 0.265. The van der Waals surface area contributed by atoms with Gasteiger partial charge in [-0.1, -0.05) is 16.8 Å². The van der Waals surface area contributed by atoms with Crippen molar-refractivity contribution >= 4 is 11.6 Å². The second-order valence-corrected chi connectivity index (χ2v) is 5.17. The van der Waals surface area contributed by atoms with E-state index in [1.54, 1.807) is 0 Å². The van der Waals surface area contributed by atoms with Crippen LogP contribution in [0.3, 0.4) is 0 Å². The Kier molecular flexibility index (Phi) is 3.06. The highest BCUT2D eigenvalue weighted by Gasteiger charge is 2.27. The summed E-state index contributed by atoms with van der Waals surface area (Å²) in [5, 5.41) is 4.71. The van der Waals surface area contributed by atoms with E-state index in [1.807, 2.05) is 24.3 Å². The number of benzene rings is 1. The van der Waals surface area contributed by atoms with Gasteiger partial charge in [-0.25, -0.2) is 0 Å². The molecule has 1 fully saturated rings. The first-order valence-corrected chi connectivity index (χ1v) is 6.45. The van der Waals surface area contributed by atoms with Crippen LogP contribution in [0.15, 0.2) is 28.8 Å². The number of nitrogens with zero attached hydrogens (tertiary/aromatic N) is 2. The van der Waals surface area contributed by atoms with Gasteiger partial charge in [0.15, 0.2) is 0 Å². The SMILES string of the molecule is N[C@H]1CC[C@@H](c2nc(-c3ccc(Cl)cc3)no2)C1. The molecule has 2 atom stereocenters. The third-order valence-corrected chi connectivity index (χ3v) is 3.62. The highest BCUT2D eigenvalue weighted by molar-refractivity contribution is 6.30. The second-order valence-electron chi connectivity index (χ2n) is 4.73. The molecule has 1 heterocycles. The average Bonchev–Trinajstić information content (AvgIpc) is 2.98. The lowest BCUT2D eigenvalue weighted by atomic mass is 10.1. The fraction of sp³-hybridized carbons (Fsp3) is 0.385. The Balaban J connectivity index is 1.83. The van der Waals surface area contributed by atoms with E-state index in [0.29, 0.717) is 22.7 Å². The van der Waals surface area contributed by atoms with Crippen molar-refractivity contribution in [1.82, 2.24) is 10.1 Å². The van der Waals surface area contributed by atoms with Crippen molar-refractivity contribution < 1.29 is 4.52 Å². The van der Waals surface area contributed by atoms with Crippen LogP contribution in [0.2, 0.25) is 5.02 Å². The molecule has 18 heavy (non-hydrogen) atoms. The van der Waals surface area contributed by atoms with Gasteiger partial charge in [-0.2, -0.15) is 4.98 Å². The smallest absolute Gasteiger partial charge is 0.230 e. The maximum Gasteiger partial charge on any atom is 0.230 e. The van der Waals surface area contributed by atoms with Gasteiger partial charge < -0.3 is 10.3 Å². The lowest BCUT2D eigenvalue weighted by molar-refractivity contribution is 0.353. The summed E-state index contributed by atoms with van der Waals surface area (Å²) in [6, 6.07) is 7.67. The van der Waals surface area contributed by atoms with Gasteiger partial charge in [0, 0.05) is 22.5 Å². The van der Waals surface area contributed by atoms with Gasteiger partial charge in [0.25, 0.3) is 0 Å². The molecule has 0 bridgehead atoms. The first-order chi connectivity index (χ1) is 8.72. The lowest BCUT2D eigenvalue weighted by Crippen LogP contribution is -2.14. The molecule has 1 aliphatic rings. The van der Waals surface area contributed by atoms with Gasteiger partial charge in [-0.15, -0.1) is 0 Å². The summed E-state index contributed by atoms with van der Waals surface area (Å²) in [6.07, 6.45) is 3.00. The van der Waals surface area contributed by atoms with E-state index in [0.717, 1.165) is 24.8 Å². The Labute approximate surface area is 110 Å². The maximum atomic E-state index is 5.89. The van der Waals surface area contributed by atoms with E-state index in [-0.39, 0.29) is 6.04 Å². The van der Waals surface area contributed by atoms with Crippen molar-refractivity contribution in [3.8, 4) is 11.4 Å². The van der Waals surface area contributed by atoms with E-state index >= 15 is 0 Å². The van der Waals surface area contributed by atoms with Gasteiger partial charge in [-0.3, -0.25) is 0 Å². The monoisotopic (exact) mass is 263 g/mol. The van der Waals surface area contributed by atoms with Gasteiger partial charge in [-0.05, 0) is 43.5 Å². The number of hydrogen-bond acceptors (Lipinski definition) is 4. The van der Waals surface area contributed by atoms with Crippen molar-refractivity contribution in [3.63, 3.8) is 0 Å². The largest absolute Gasteiger partial charge is 0.339 e. The normalized spacial score (nSPS) is 23.4. The molecule has 0 unspecified atom stereocenters. The van der Waals surface area contributed by atoms with E-state index in [2.05, 4.69) is 10.1 Å². The summed E-state index contributed by atoms with van der Waals surface area (Å²) in [5.74, 6) is 1.63. The fourth-order valence-electron chi connectivity index (χ4n) is 2.36. The standard InChI is InChI=1S/C13H14ClN3O/c14-10-4-1-8(2-5-10)12-16-13(18-17-12)9-3-6-11(15)7-9/h1-2,4-5,9,11H,3,6-7,15H2/t9-,11+/m1/s1. The quantitative estimate of drug-likeness (QED) is 0.905. The third-order valence-electron chi connectivity index (χ3n) is 3.37. The minimum Gasteiger partial charge on any atom is -0.339 e. The molecule has 3 rings (SSSR count). The second kappa shape index (κ2) is 4.71. The number of halogens is 1. The van der Waals surface area contributed by atoms with Crippen LogP contribution in [0.4, 0.5) is 0 Å². The molecule has 2 aromatic rings. The number of rotatable bonds is 2. The van der Waals surface area contributed by atoms with E-state index in [1.165, 1.54) is 0 Å². The molecule has 1 aromatic heterocycles. The van der Waals surface area contributed by atoms with Crippen molar-refractivity contribution in [1.29, 1.82) is 0 Å². The van der Waals surface area contributed by atoms with Crippen LogP contribution in [0.5, 0.6) is 0 Å². The summed E-state index contributed by atoms with van der Waals surface area (Å²) in [6.45, 7) is 0. The maximum absolute atomic E-state index is 5.89. The first-order valence-electron chi connectivity index (χ1n) is 6.07. The summed E-state index contributed by atoms with van der Waals surface area (Å²) in [4.78, 5) is 4.45. The van der Waals surface area contributed by atoms with E-state index < -0.39 is 0 Å². The molecule has 0 radical (unpaired) electrons. The molecule has 1 aromatic carbocycles. The molecule has 0 aliphatic heterocycles. The van der Waals surface area contributed by atoms with E-state index in [4.69, 9.17) is 21.9 Å². The van der Waals surface area contributed by atoms with Crippen LogP contribution in [0.25, 0.3) is 11.4 Å². The Morgan fingerprint density at radius 3 is 2.67 bits per heavy atom. The Morgan fingerprint density at radius 2 is 2.00 bits per heavy atom.